The van der Waals surface area contributed by atoms with Crippen LogP contribution in [0.3, 0.4) is 0 Å². The van der Waals surface area contributed by atoms with Gasteiger partial charge in [0, 0.05) is 36.2 Å². The minimum atomic E-state index is -2.94. The van der Waals surface area contributed by atoms with Gasteiger partial charge in [0.05, 0.1) is 39.9 Å². The fourth-order valence-electron chi connectivity index (χ4n) is 11.9. The highest BCUT2D eigenvalue weighted by Crippen LogP contribution is 2.54. The topological polar surface area (TPSA) is 135 Å². The Kier molecular flexibility index (Phi) is 19.5. The van der Waals surface area contributed by atoms with Crippen LogP contribution in [0.1, 0.15) is 121 Å². The van der Waals surface area contributed by atoms with Gasteiger partial charge in [-0.15, -0.1) is 0 Å². The van der Waals surface area contributed by atoms with Crippen LogP contribution in [0.15, 0.2) is 176 Å². The van der Waals surface area contributed by atoms with E-state index in [4.69, 9.17) is 37.9 Å². The van der Waals surface area contributed by atoms with Gasteiger partial charge in [0.25, 0.3) is 14.2 Å². The summed E-state index contributed by atoms with van der Waals surface area (Å²) in [6.45, 7) is 25.0. The fraction of sp³-hybridized carbons (Fsp3) is 0.373. The zero-order valence-electron chi connectivity index (χ0n) is 50.4. The van der Waals surface area contributed by atoms with Crippen molar-refractivity contribution in [1.82, 2.24) is 28.9 Å². The van der Waals surface area contributed by atoms with E-state index in [1.54, 1.807) is 20.5 Å². The molecule has 6 aromatic carbocycles. The largest absolute Gasteiger partial charge is 0.497 e. The second-order valence-corrected chi connectivity index (χ2v) is 29.3. The van der Waals surface area contributed by atoms with Crippen molar-refractivity contribution in [1.29, 1.82) is 0 Å². The fourth-order valence-corrected chi connectivity index (χ4v) is 18.9. The van der Waals surface area contributed by atoms with Crippen molar-refractivity contribution in [2.75, 3.05) is 26.1 Å². The summed E-state index contributed by atoms with van der Waals surface area (Å²) in [7, 11) is -0.955. The lowest BCUT2D eigenvalue weighted by atomic mass is 9.80. The molecule has 1 saturated heterocycles. The molecule has 1 N–H and O–H groups in total. The van der Waals surface area contributed by atoms with Crippen LogP contribution in [-0.4, -0.2) is 100 Å². The van der Waals surface area contributed by atoms with Crippen LogP contribution >= 0.6 is 8.45 Å². The summed E-state index contributed by atoms with van der Waals surface area (Å²) in [6.07, 6.45) is 1.97. The van der Waals surface area contributed by atoms with E-state index in [2.05, 4.69) is 181 Å². The SMILES string of the molecule is COc1ccc(C(OC[C@H]2O[C@@H](n3cnc4c(NC(=O)c5ccccc5CO[Si](c5ccccc5)(c5ccccc5)C(C)(C)C)ncnc43)C[C@@H]2OP(N(C(C)C)C(C)C)N(C(C)C)C(C)C)(c2ccccc2)c2ccc(OC)cc2)cc1. The third-order valence-corrected chi connectivity index (χ3v) is 23.7. The minimum Gasteiger partial charge on any atom is -0.497 e. The summed E-state index contributed by atoms with van der Waals surface area (Å²) in [6, 6.07) is 55.7. The van der Waals surface area contributed by atoms with Gasteiger partial charge in [-0.3, -0.25) is 9.36 Å². The van der Waals surface area contributed by atoms with Crippen LogP contribution in [0, 0.1) is 0 Å². The number of anilines is 1. The highest BCUT2D eigenvalue weighted by Gasteiger charge is 2.51. The molecule has 2 aromatic heterocycles. The van der Waals surface area contributed by atoms with Gasteiger partial charge in [-0.05, 0) is 123 Å². The lowest BCUT2D eigenvalue weighted by Gasteiger charge is -2.47. The van der Waals surface area contributed by atoms with Gasteiger partial charge in [0.15, 0.2) is 25.4 Å². The van der Waals surface area contributed by atoms with Crippen LogP contribution in [0.2, 0.25) is 5.04 Å². The molecule has 1 aliphatic heterocycles. The average molecular weight is 1160 g/mol. The van der Waals surface area contributed by atoms with E-state index in [0.717, 1.165) is 44.1 Å². The van der Waals surface area contributed by atoms with E-state index < -0.39 is 40.8 Å². The maximum Gasteiger partial charge on any atom is 0.261 e. The number of ether oxygens (including phenoxy) is 4. The lowest BCUT2D eigenvalue weighted by Crippen LogP contribution is -2.66. The molecule has 0 unspecified atom stereocenters. The Morgan fingerprint density at radius 2 is 1.16 bits per heavy atom. The van der Waals surface area contributed by atoms with E-state index in [1.165, 1.54) is 6.33 Å². The van der Waals surface area contributed by atoms with Crippen molar-refractivity contribution in [3.05, 3.63) is 204 Å². The lowest BCUT2D eigenvalue weighted by molar-refractivity contribution is -0.0908. The van der Waals surface area contributed by atoms with E-state index in [-0.39, 0.29) is 54.1 Å². The summed E-state index contributed by atoms with van der Waals surface area (Å²) in [5.41, 5.74) is 3.77. The van der Waals surface area contributed by atoms with Crippen molar-refractivity contribution in [3.8, 4) is 11.5 Å². The van der Waals surface area contributed by atoms with Crippen LogP contribution in [0.5, 0.6) is 11.5 Å². The molecule has 83 heavy (non-hydrogen) atoms. The molecule has 14 nitrogen and oxygen atoms in total. The number of aromatic nitrogens is 4. The number of hydrogen-bond donors (Lipinski definition) is 1. The second-order valence-electron chi connectivity index (χ2n) is 23.3. The Bertz CT molecular complexity index is 3240. The highest BCUT2D eigenvalue weighted by molar-refractivity contribution is 7.47. The molecule has 0 saturated carbocycles. The zero-order valence-corrected chi connectivity index (χ0v) is 52.3. The smallest absolute Gasteiger partial charge is 0.261 e. The van der Waals surface area contributed by atoms with E-state index in [0.29, 0.717) is 23.1 Å². The standard InChI is InChI=1S/C67H82N7O7PSi/c1-46(2)73(47(3)4)82(74(48(5)6)49(7)8)81-59-41-61(80-60(59)43-78-67(51-26-17-14-18-27-51,52-33-37-54(76-12)38-34-52)53-35-39-55(77-13)40-36-53)72-45-70-62-63(68-44-69-64(62)72)71-65(75)58-32-24-23-25-50(58)42-79-83(66(9,10)11,56-28-19-15-20-29-56)57-30-21-16-22-31-57/h14-40,44-49,59-61H,41-43H2,1-13H3,(H,68,69,71,75)/t59-,60+,61+/m0/s1. The molecule has 1 aliphatic rings. The molecule has 0 bridgehead atoms. The predicted molar refractivity (Wildman–Crippen MR) is 335 cm³/mol. The Hall–Kier alpha value is -6.65. The molecular formula is C67H82N7O7PSi. The minimum absolute atomic E-state index is 0.131. The zero-order chi connectivity index (χ0) is 59.1. The van der Waals surface area contributed by atoms with Crippen LogP contribution in [-0.2, 0) is 30.6 Å². The number of fused-ring (bicyclic) bond motifs is 1. The number of benzene rings is 6. The number of carbonyl (C=O) groups is 1. The molecule has 16 heteroatoms. The van der Waals surface area contributed by atoms with Gasteiger partial charge in [0.2, 0.25) is 0 Å². The van der Waals surface area contributed by atoms with Crippen molar-refractivity contribution < 1.29 is 32.7 Å². The van der Waals surface area contributed by atoms with Gasteiger partial charge >= 0.3 is 0 Å². The molecular weight excluding hydrogens is 1070 g/mol. The van der Waals surface area contributed by atoms with Gasteiger partial charge in [-0.1, -0.05) is 154 Å². The van der Waals surface area contributed by atoms with Gasteiger partial charge in [-0.25, -0.2) is 24.3 Å². The normalized spacial score (nSPS) is 16.1. The molecule has 0 spiro atoms. The Labute approximate surface area is 493 Å². The number of nitrogens with zero attached hydrogens (tertiary/aromatic N) is 6. The van der Waals surface area contributed by atoms with E-state index in [1.807, 2.05) is 83.4 Å². The first-order valence-corrected chi connectivity index (χ1v) is 32.0. The quantitative estimate of drug-likeness (QED) is 0.0351. The number of rotatable bonds is 24. The average Bonchev–Trinajstić information content (AvgIpc) is 4.15. The molecule has 8 aromatic rings. The molecule has 3 atom stereocenters. The summed E-state index contributed by atoms with van der Waals surface area (Å²) in [5.74, 6) is 1.40. The Morgan fingerprint density at radius 3 is 1.66 bits per heavy atom. The molecule has 3 heterocycles. The number of imidazole rings is 1. The monoisotopic (exact) mass is 1160 g/mol. The number of amides is 1. The first-order valence-electron chi connectivity index (χ1n) is 28.9. The molecule has 1 amide bonds. The third-order valence-electron chi connectivity index (χ3n) is 15.6. The molecule has 436 valence electrons. The van der Waals surface area contributed by atoms with Crippen molar-refractivity contribution in [2.24, 2.45) is 0 Å². The second kappa shape index (κ2) is 26.5. The van der Waals surface area contributed by atoms with Crippen molar-refractivity contribution in [3.63, 3.8) is 0 Å². The molecule has 0 aliphatic carbocycles. The third kappa shape index (κ3) is 12.7. The maximum absolute atomic E-state index is 14.7. The Balaban J connectivity index is 1.07. The highest BCUT2D eigenvalue weighted by atomic mass is 31.2. The summed E-state index contributed by atoms with van der Waals surface area (Å²) < 4.78 is 48.1. The van der Waals surface area contributed by atoms with E-state index in [9.17, 15) is 4.79 Å². The van der Waals surface area contributed by atoms with Crippen LogP contribution in [0.4, 0.5) is 5.82 Å². The van der Waals surface area contributed by atoms with Crippen molar-refractivity contribution in [2.45, 2.75) is 142 Å². The number of nitrogens with one attached hydrogen (secondary N) is 1. The molecule has 1 fully saturated rings. The molecule has 9 rings (SSSR count). The first kappa shape index (κ1) is 60.9. The van der Waals surface area contributed by atoms with Gasteiger partial charge in [-0.2, -0.15) is 0 Å². The van der Waals surface area contributed by atoms with Crippen LogP contribution < -0.4 is 25.2 Å². The number of hydrogen-bond acceptors (Lipinski definition) is 12. The van der Waals surface area contributed by atoms with Crippen LogP contribution in [0.25, 0.3) is 11.2 Å². The molecule has 0 radical (unpaired) electrons. The number of methoxy groups -OCH3 is 2. The summed E-state index contributed by atoms with van der Waals surface area (Å²) in [5, 5.41) is 5.19. The summed E-state index contributed by atoms with van der Waals surface area (Å²) >= 11 is 0. The summed E-state index contributed by atoms with van der Waals surface area (Å²) in [4.78, 5) is 29.0. The Morgan fingerprint density at radius 1 is 0.663 bits per heavy atom. The van der Waals surface area contributed by atoms with Gasteiger partial charge < -0.3 is 33.2 Å². The van der Waals surface area contributed by atoms with Crippen molar-refractivity contribution >= 4 is 50.0 Å². The predicted octanol–water partition coefficient (Wildman–Crippen LogP) is 13.3. The van der Waals surface area contributed by atoms with Gasteiger partial charge in [0.1, 0.15) is 35.8 Å². The maximum atomic E-state index is 14.7. The number of carbonyl (C=O) groups excluding carboxylic acids is 1. The first-order chi connectivity index (χ1) is 39.9. The van der Waals surface area contributed by atoms with E-state index >= 15 is 0 Å².